The average Bonchev–Trinajstić information content (AvgIpc) is 3.50. The second-order valence-corrected chi connectivity index (χ2v) is 13.2. The zero-order valence-electron chi connectivity index (χ0n) is 26.4. The Morgan fingerprint density at radius 1 is 0.870 bits per heavy atom. The lowest BCUT2D eigenvalue weighted by atomic mass is 9.77. The van der Waals surface area contributed by atoms with E-state index >= 15 is 0 Å². The molecule has 0 aliphatic carbocycles. The smallest absolute Gasteiger partial charge is 0.353 e. The summed E-state index contributed by atoms with van der Waals surface area (Å²) in [4.78, 5) is 48.7. The highest BCUT2D eigenvalue weighted by Gasteiger charge is 2.39. The van der Waals surface area contributed by atoms with Crippen molar-refractivity contribution in [3.05, 3.63) is 119 Å². The number of carbonyl (C=O) groups excluding carboxylic acids is 3. The maximum atomic E-state index is 13.5. The first kappa shape index (κ1) is 32.4. The quantitative estimate of drug-likeness (QED) is 0.0692. The molecule has 46 heavy (non-hydrogen) atoms. The predicted octanol–water partition coefficient (Wildman–Crippen LogP) is 5.00. The third-order valence-corrected chi connectivity index (χ3v) is 7.99. The minimum Gasteiger partial charge on any atom is -0.457 e. The van der Waals surface area contributed by atoms with Gasteiger partial charge in [-0.15, -0.1) is 11.3 Å². The van der Waals surface area contributed by atoms with E-state index in [1.54, 1.807) is 26.2 Å². The number of nitrogens with one attached hydrogen (secondary N) is 3. The molecule has 2 heterocycles. The van der Waals surface area contributed by atoms with Crippen LogP contribution < -0.4 is 16.0 Å². The number of β-lactam (4-membered cyclic amide) rings is 1. The fraction of sp³-hybridized carbons (Fsp3) is 0.286. The van der Waals surface area contributed by atoms with Crippen LogP contribution >= 0.6 is 11.3 Å². The van der Waals surface area contributed by atoms with Crippen molar-refractivity contribution in [2.24, 2.45) is 5.16 Å². The molecule has 3 N–H and O–H groups in total. The molecule has 3 aromatic carbocycles. The third-order valence-electron chi connectivity index (χ3n) is 7.23. The third kappa shape index (κ3) is 7.10. The molecule has 0 saturated carbocycles. The van der Waals surface area contributed by atoms with Crippen LogP contribution in [0.5, 0.6) is 0 Å². The highest BCUT2D eigenvalue weighted by Crippen LogP contribution is 2.40. The maximum absolute atomic E-state index is 13.5. The van der Waals surface area contributed by atoms with E-state index < -0.39 is 34.7 Å². The maximum Gasteiger partial charge on any atom is 0.353 e. The van der Waals surface area contributed by atoms with Crippen molar-refractivity contribution in [1.82, 2.24) is 15.6 Å². The van der Waals surface area contributed by atoms with Crippen LogP contribution in [0, 0.1) is 0 Å². The largest absolute Gasteiger partial charge is 0.457 e. The van der Waals surface area contributed by atoms with Gasteiger partial charge < -0.3 is 25.5 Å². The van der Waals surface area contributed by atoms with Crippen LogP contribution in [0.2, 0.25) is 0 Å². The SMILES string of the molecule is CC(C)(C)OC(=O)C(C)(C)ON=C(C(=O)N[C@H]1CNC1=O)c1csc(NC(c2ccccc2)(c2ccccc2)c2ccccc2)n1. The first-order valence-electron chi connectivity index (χ1n) is 14.9. The lowest BCUT2D eigenvalue weighted by molar-refractivity contribution is -0.179. The molecule has 1 aromatic heterocycles. The number of ether oxygens (including phenoxy) is 1. The van der Waals surface area contributed by atoms with E-state index in [4.69, 9.17) is 14.6 Å². The Morgan fingerprint density at radius 3 is 1.83 bits per heavy atom. The van der Waals surface area contributed by atoms with Crippen LogP contribution in [0.1, 0.15) is 57.0 Å². The first-order chi connectivity index (χ1) is 21.9. The number of aromatic nitrogens is 1. The van der Waals surface area contributed by atoms with Crippen molar-refractivity contribution in [2.75, 3.05) is 11.9 Å². The van der Waals surface area contributed by atoms with Gasteiger partial charge in [-0.2, -0.15) is 0 Å². The van der Waals surface area contributed by atoms with E-state index in [1.165, 1.54) is 25.2 Å². The monoisotopic (exact) mass is 639 g/mol. The molecule has 1 atom stereocenters. The average molecular weight is 640 g/mol. The van der Waals surface area contributed by atoms with Gasteiger partial charge in [0.05, 0.1) is 0 Å². The summed E-state index contributed by atoms with van der Waals surface area (Å²) in [7, 11) is 0. The number of anilines is 1. The number of thiazole rings is 1. The molecular formula is C35H37N5O5S. The fourth-order valence-electron chi connectivity index (χ4n) is 4.81. The number of rotatable bonds is 11. The molecular weight excluding hydrogens is 602 g/mol. The van der Waals surface area contributed by atoms with Crippen molar-refractivity contribution >= 4 is 40.0 Å². The molecule has 1 fully saturated rings. The molecule has 1 saturated heterocycles. The van der Waals surface area contributed by atoms with E-state index in [1.807, 2.05) is 54.6 Å². The predicted molar refractivity (Wildman–Crippen MR) is 177 cm³/mol. The summed E-state index contributed by atoms with van der Waals surface area (Å²) >= 11 is 1.28. The number of carbonyl (C=O) groups is 3. The zero-order chi connectivity index (χ0) is 33.0. The second-order valence-electron chi connectivity index (χ2n) is 12.3. The lowest BCUT2D eigenvalue weighted by Crippen LogP contribution is -2.62. The summed E-state index contributed by atoms with van der Waals surface area (Å²) in [6.07, 6.45) is 0. The molecule has 5 rings (SSSR count). The van der Waals surface area contributed by atoms with E-state index in [-0.39, 0.29) is 17.3 Å². The Balaban J connectivity index is 1.55. The molecule has 1 aliphatic rings. The van der Waals surface area contributed by atoms with Crippen LogP contribution in [0.3, 0.4) is 0 Å². The first-order valence-corrected chi connectivity index (χ1v) is 15.8. The molecule has 0 radical (unpaired) electrons. The summed E-state index contributed by atoms with van der Waals surface area (Å²) < 4.78 is 5.48. The summed E-state index contributed by atoms with van der Waals surface area (Å²) in [5.74, 6) is -1.63. The van der Waals surface area contributed by atoms with Crippen LogP contribution in [-0.2, 0) is 29.5 Å². The van der Waals surface area contributed by atoms with Gasteiger partial charge in [-0.3, -0.25) is 9.59 Å². The zero-order valence-corrected chi connectivity index (χ0v) is 27.2. The van der Waals surface area contributed by atoms with Crippen LogP contribution in [-0.4, -0.2) is 52.3 Å². The molecule has 1 aliphatic heterocycles. The van der Waals surface area contributed by atoms with E-state index in [0.717, 1.165) is 16.7 Å². The van der Waals surface area contributed by atoms with Crippen molar-refractivity contribution < 1.29 is 24.0 Å². The number of benzene rings is 3. The molecule has 238 valence electrons. The fourth-order valence-corrected chi connectivity index (χ4v) is 5.57. The van der Waals surface area contributed by atoms with E-state index in [2.05, 4.69) is 57.5 Å². The summed E-state index contributed by atoms with van der Waals surface area (Å²) in [5, 5.41) is 15.3. The van der Waals surface area contributed by atoms with Gasteiger partial charge in [-0.25, -0.2) is 9.78 Å². The van der Waals surface area contributed by atoms with Crippen molar-refractivity contribution in [2.45, 2.75) is 57.4 Å². The highest BCUT2D eigenvalue weighted by atomic mass is 32.1. The Morgan fingerprint density at radius 2 is 1.39 bits per heavy atom. The topological polar surface area (TPSA) is 131 Å². The normalized spacial score (nSPS) is 15.3. The Labute approximate surface area is 272 Å². The Kier molecular flexibility index (Phi) is 9.24. The van der Waals surface area contributed by atoms with Gasteiger partial charge in [-0.05, 0) is 51.3 Å². The van der Waals surface area contributed by atoms with Crippen LogP contribution in [0.4, 0.5) is 5.13 Å². The summed E-state index contributed by atoms with van der Waals surface area (Å²) in [6.45, 7) is 8.54. The van der Waals surface area contributed by atoms with Gasteiger partial charge in [0.1, 0.15) is 22.9 Å². The number of oxime groups is 1. The van der Waals surface area contributed by atoms with Crippen molar-refractivity contribution in [1.29, 1.82) is 0 Å². The number of esters is 1. The Bertz CT molecular complexity index is 1620. The lowest BCUT2D eigenvalue weighted by Gasteiger charge is -2.36. The van der Waals surface area contributed by atoms with Gasteiger partial charge >= 0.3 is 5.97 Å². The summed E-state index contributed by atoms with van der Waals surface area (Å²) in [5.41, 5.74) is -0.169. The number of hydrogen-bond acceptors (Lipinski definition) is 9. The number of nitrogens with zero attached hydrogens (tertiary/aromatic N) is 2. The number of amides is 2. The van der Waals surface area contributed by atoms with Gasteiger partial charge in [-0.1, -0.05) is 96.2 Å². The minimum atomic E-state index is -1.52. The van der Waals surface area contributed by atoms with Gasteiger partial charge in [0.25, 0.3) is 5.91 Å². The molecule has 4 aromatic rings. The molecule has 11 heteroatoms. The van der Waals surface area contributed by atoms with Gasteiger partial charge in [0, 0.05) is 11.9 Å². The highest BCUT2D eigenvalue weighted by molar-refractivity contribution is 7.14. The second kappa shape index (κ2) is 13.1. The molecule has 0 spiro atoms. The van der Waals surface area contributed by atoms with Crippen LogP contribution in [0.25, 0.3) is 0 Å². The Hall–Kier alpha value is -5.03. The summed E-state index contributed by atoms with van der Waals surface area (Å²) in [6, 6.07) is 29.4. The molecule has 2 amide bonds. The van der Waals surface area contributed by atoms with Crippen molar-refractivity contribution in [3.63, 3.8) is 0 Å². The van der Waals surface area contributed by atoms with Gasteiger partial charge in [0.15, 0.2) is 10.8 Å². The molecule has 10 nitrogen and oxygen atoms in total. The van der Waals surface area contributed by atoms with E-state index in [9.17, 15) is 14.4 Å². The van der Waals surface area contributed by atoms with E-state index in [0.29, 0.717) is 11.7 Å². The van der Waals surface area contributed by atoms with Crippen molar-refractivity contribution in [3.8, 4) is 0 Å². The molecule has 0 unspecified atom stereocenters. The minimum absolute atomic E-state index is 0.189. The standard InChI is InChI=1S/C35H37N5O5S/c1-33(2,3)44-31(43)34(4,5)45-40-28(30(42)37-26-21-36-29(26)41)27-22-46-32(38-27)39-35(23-15-9-6-10-16-23,24-17-11-7-12-18-24)25-19-13-8-14-20-25/h6-20,22,26H,21H2,1-5H3,(H,36,41)(H,37,42)(H,38,39)/t26-/m0/s1. The van der Waals surface area contributed by atoms with Gasteiger partial charge in [0.2, 0.25) is 11.5 Å². The molecule has 0 bridgehead atoms. The van der Waals surface area contributed by atoms with Crippen LogP contribution in [0.15, 0.2) is 102 Å². The number of hydrogen-bond donors (Lipinski definition) is 3.